The van der Waals surface area contributed by atoms with Crippen LogP contribution in [0.4, 0.5) is 10.2 Å². The van der Waals surface area contributed by atoms with E-state index in [4.69, 9.17) is 0 Å². The van der Waals surface area contributed by atoms with Gasteiger partial charge in [0.15, 0.2) is 0 Å². The molecule has 0 saturated heterocycles. The molecule has 1 heterocycles. The quantitative estimate of drug-likeness (QED) is 0.815. The van der Waals surface area contributed by atoms with Crippen molar-refractivity contribution in [3.8, 4) is 0 Å². The predicted molar refractivity (Wildman–Crippen MR) is 81.6 cm³/mol. The molecule has 1 aromatic heterocycles. The maximum Gasteiger partial charge on any atom is 0.264 e. The Labute approximate surface area is 132 Å². The third kappa shape index (κ3) is 3.36. The van der Waals surface area contributed by atoms with E-state index in [1.165, 1.54) is 12.1 Å². The summed E-state index contributed by atoms with van der Waals surface area (Å²) in [7, 11) is -3.81. The van der Waals surface area contributed by atoms with E-state index in [-0.39, 0.29) is 10.7 Å². The maximum atomic E-state index is 12.8. The van der Waals surface area contributed by atoms with Crippen molar-refractivity contribution < 1.29 is 12.8 Å². The lowest BCUT2D eigenvalue weighted by Gasteiger charge is -2.10. The molecule has 0 atom stereocenters. The summed E-state index contributed by atoms with van der Waals surface area (Å²) in [6, 6.07) is 5.57. The van der Waals surface area contributed by atoms with Crippen LogP contribution >= 0.6 is 31.9 Å². The van der Waals surface area contributed by atoms with Gasteiger partial charge in [-0.25, -0.2) is 17.8 Å². The monoisotopic (exact) mass is 422 g/mol. The first kappa shape index (κ1) is 15.4. The van der Waals surface area contributed by atoms with Gasteiger partial charge in [0, 0.05) is 8.95 Å². The summed E-state index contributed by atoms with van der Waals surface area (Å²) < 4.78 is 40.7. The van der Waals surface area contributed by atoms with Crippen LogP contribution in [0.1, 0.15) is 5.56 Å². The Kier molecular flexibility index (Phi) is 4.46. The fraction of sp³-hybridized carbons (Fsp3) is 0.0833. The van der Waals surface area contributed by atoms with Gasteiger partial charge in [0.05, 0.1) is 6.20 Å². The SMILES string of the molecule is Cc1cc(Br)c(S(=O)(=O)Nc2ccc(F)cn2)cc1Br. The number of nitrogens with one attached hydrogen (secondary N) is 1. The van der Waals surface area contributed by atoms with E-state index >= 15 is 0 Å². The summed E-state index contributed by atoms with van der Waals surface area (Å²) in [5.74, 6) is -0.484. The molecule has 0 fully saturated rings. The van der Waals surface area contributed by atoms with Gasteiger partial charge in [0.25, 0.3) is 10.0 Å². The van der Waals surface area contributed by atoms with E-state index in [0.29, 0.717) is 8.95 Å². The first-order valence-electron chi connectivity index (χ1n) is 5.39. The Bertz CT molecular complexity index is 749. The van der Waals surface area contributed by atoms with Crippen molar-refractivity contribution in [2.24, 2.45) is 0 Å². The van der Waals surface area contributed by atoms with E-state index in [0.717, 1.165) is 17.8 Å². The maximum absolute atomic E-state index is 12.8. The predicted octanol–water partition coefficient (Wildman–Crippen LogP) is 3.85. The van der Waals surface area contributed by atoms with Gasteiger partial charge < -0.3 is 0 Å². The highest BCUT2D eigenvalue weighted by Crippen LogP contribution is 2.29. The normalized spacial score (nSPS) is 11.4. The summed E-state index contributed by atoms with van der Waals surface area (Å²) in [5, 5.41) is 0. The first-order chi connectivity index (χ1) is 9.29. The molecule has 8 heteroatoms. The van der Waals surface area contributed by atoms with Crippen molar-refractivity contribution in [3.63, 3.8) is 0 Å². The number of halogens is 3. The Hall–Kier alpha value is -0.990. The van der Waals surface area contributed by atoms with Crippen LogP contribution in [0.5, 0.6) is 0 Å². The molecule has 4 nitrogen and oxygen atoms in total. The lowest BCUT2D eigenvalue weighted by Crippen LogP contribution is -2.14. The molecule has 0 radical (unpaired) electrons. The molecular formula is C12H9Br2FN2O2S. The highest BCUT2D eigenvalue weighted by molar-refractivity contribution is 9.11. The number of pyridine rings is 1. The Morgan fingerprint density at radius 1 is 1.20 bits per heavy atom. The lowest BCUT2D eigenvalue weighted by molar-refractivity contribution is 0.600. The third-order valence-electron chi connectivity index (χ3n) is 2.47. The average Bonchev–Trinajstić information content (AvgIpc) is 2.36. The molecule has 0 aliphatic carbocycles. The fourth-order valence-electron chi connectivity index (χ4n) is 1.46. The molecule has 0 bridgehead atoms. The number of aryl methyl sites for hydroxylation is 1. The molecule has 0 unspecified atom stereocenters. The summed E-state index contributed by atoms with van der Waals surface area (Å²) >= 11 is 6.51. The second kappa shape index (κ2) is 5.79. The zero-order valence-corrected chi connectivity index (χ0v) is 14.2. The van der Waals surface area contributed by atoms with Crippen molar-refractivity contribution >= 4 is 47.7 Å². The average molecular weight is 424 g/mol. The molecule has 2 rings (SSSR count). The molecule has 1 N–H and O–H groups in total. The zero-order chi connectivity index (χ0) is 14.9. The minimum Gasteiger partial charge on any atom is -0.263 e. The molecule has 2 aromatic rings. The van der Waals surface area contributed by atoms with E-state index in [1.807, 2.05) is 6.92 Å². The molecule has 0 saturated carbocycles. The van der Waals surface area contributed by atoms with Crippen molar-refractivity contribution in [1.82, 2.24) is 4.98 Å². The third-order valence-corrected chi connectivity index (χ3v) is 5.64. The minimum atomic E-state index is -3.81. The van der Waals surface area contributed by atoms with Crippen LogP contribution in [0.2, 0.25) is 0 Å². The summed E-state index contributed by atoms with van der Waals surface area (Å²) in [6.45, 7) is 1.85. The van der Waals surface area contributed by atoms with E-state index < -0.39 is 15.8 Å². The fourth-order valence-corrected chi connectivity index (χ4v) is 4.15. The lowest BCUT2D eigenvalue weighted by atomic mass is 10.2. The highest BCUT2D eigenvalue weighted by atomic mass is 79.9. The number of hydrogen-bond donors (Lipinski definition) is 1. The van der Waals surface area contributed by atoms with Crippen molar-refractivity contribution in [2.75, 3.05) is 4.72 Å². The smallest absolute Gasteiger partial charge is 0.263 e. The first-order valence-corrected chi connectivity index (χ1v) is 8.46. The van der Waals surface area contributed by atoms with Crippen LogP contribution in [0.25, 0.3) is 0 Å². The molecule has 0 aliphatic heterocycles. The van der Waals surface area contributed by atoms with Gasteiger partial charge in [-0.1, -0.05) is 15.9 Å². The summed E-state index contributed by atoms with van der Waals surface area (Å²) in [5.41, 5.74) is 0.899. The van der Waals surface area contributed by atoms with Crippen molar-refractivity contribution in [2.45, 2.75) is 11.8 Å². The number of nitrogens with zero attached hydrogens (tertiary/aromatic N) is 1. The largest absolute Gasteiger partial charge is 0.264 e. The minimum absolute atomic E-state index is 0.0509. The number of sulfonamides is 1. The van der Waals surface area contributed by atoms with Crippen LogP contribution in [0, 0.1) is 12.7 Å². The summed E-state index contributed by atoms with van der Waals surface area (Å²) in [6.07, 6.45) is 0.942. The standard InChI is InChI=1S/C12H9Br2FN2O2S/c1-7-4-10(14)11(5-9(7)13)20(18,19)17-12-3-2-8(15)6-16-12/h2-6H,1H3,(H,16,17). The van der Waals surface area contributed by atoms with Gasteiger partial charge in [0.2, 0.25) is 0 Å². The molecule has 0 spiro atoms. The van der Waals surface area contributed by atoms with Gasteiger partial charge in [-0.15, -0.1) is 0 Å². The topological polar surface area (TPSA) is 59.1 Å². The molecule has 1 aromatic carbocycles. The number of anilines is 1. The van der Waals surface area contributed by atoms with Gasteiger partial charge >= 0.3 is 0 Å². The second-order valence-corrected chi connectivity index (χ2v) is 7.36. The second-order valence-electron chi connectivity index (χ2n) is 4.00. The van der Waals surface area contributed by atoms with Crippen molar-refractivity contribution in [1.29, 1.82) is 0 Å². The van der Waals surface area contributed by atoms with Gasteiger partial charge in [-0.2, -0.15) is 0 Å². The molecule has 20 heavy (non-hydrogen) atoms. The van der Waals surface area contributed by atoms with Gasteiger partial charge in [-0.3, -0.25) is 4.72 Å². The van der Waals surface area contributed by atoms with Crippen LogP contribution in [0.15, 0.2) is 44.3 Å². The van der Waals surface area contributed by atoms with Crippen LogP contribution < -0.4 is 4.72 Å². The molecule has 106 valence electrons. The van der Waals surface area contributed by atoms with Crippen LogP contribution in [-0.4, -0.2) is 13.4 Å². The number of aromatic nitrogens is 1. The molecule has 0 amide bonds. The van der Waals surface area contributed by atoms with E-state index in [9.17, 15) is 12.8 Å². The Morgan fingerprint density at radius 3 is 2.50 bits per heavy atom. The summed E-state index contributed by atoms with van der Waals surface area (Å²) in [4.78, 5) is 3.74. The van der Waals surface area contributed by atoms with Crippen LogP contribution in [0.3, 0.4) is 0 Å². The Morgan fingerprint density at radius 2 is 1.90 bits per heavy atom. The van der Waals surface area contributed by atoms with E-state index in [1.54, 1.807) is 6.07 Å². The highest BCUT2D eigenvalue weighted by Gasteiger charge is 2.19. The zero-order valence-electron chi connectivity index (χ0n) is 10.2. The number of benzene rings is 1. The molecule has 0 aliphatic rings. The van der Waals surface area contributed by atoms with Gasteiger partial charge in [0.1, 0.15) is 16.5 Å². The number of rotatable bonds is 3. The van der Waals surface area contributed by atoms with Crippen molar-refractivity contribution in [3.05, 3.63) is 50.8 Å². The van der Waals surface area contributed by atoms with E-state index in [2.05, 4.69) is 41.6 Å². The number of hydrogen-bond acceptors (Lipinski definition) is 3. The Balaban J connectivity index is 2.40. The van der Waals surface area contributed by atoms with Crippen LogP contribution in [-0.2, 0) is 10.0 Å². The van der Waals surface area contributed by atoms with Gasteiger partial charge in [-0.05, 0) is 52.7 Å². The molecular weight excluding hydrogens is 415 g/mol.